The Morgan fingerprint density at radius 3 is 2.69 bits per heavy atom. The van der Waals surface area contributed by atoms with Crippen LogP contribution in [-0.2, 0) is 21.6 Å². The fraction of sp³-hybridized carbons (Fsp3) is 0.526. The molecule has 0 saturated carbocycles. The molecule has 7 nitrogen and oxygen atoms in total. The van der Waals surface area contributed by atoms with Gasteiger partial charge in [-0.3, -0.25) is 9.78 Å². The Morgan fingerprint density at radius 1 is 1.31 bits per heavy atom. The third-order valence-corrected chi connectivity index (χ3v) is 4.27. The van der Waals surface area contributed by atoms with Crippen LogP contribution >= 0.6 is 0 Å². The van der Waals surface area contributed by atoms with Crippen LogP contribution in [0.2, 0.25) is 0 Å². The van der Waals surface area contributed by atoms with Gasteiger partial charge in [0.15, 0.2) is 6.29 Å². The number of rotatable bonds is 4. The van der Waals surface area contributed by atoms with E-state index >= 15 is 0 Å². The molecule has 3 rings (SSSR count). The van der Waals surface area contributed by atoms with Gasteiger partial charge in [0.2, 0.25) is 0 Å². The summed E-state index contributed by atoms with van der Waals surface area (Å²) < 4.78 is 13.1. The molecule has 1 aliphatic rings. The fourth-order valence-electron chi connectivity index (χ4n) is 2.82. The predicted octanol–water partition coefficient (Wildman–Crippen LogP) is 2.83. The van der Waals surface area contributed by atoms with E-state index in [0.29, 0.717) is 24.4 Å². The van der Waals surface area contributed by atoms with E-state index in [0.717, 1.165) is 12.0 Å². The Labute approximate surface area is 153 Å². The third-order valence-electron chi connectivity index (χ3n) is 4.27. The molecule has 2 aromatic heterocycles. The normalized spacial score (nSPS) is 20.8. The smallest absolute Gasteiger partial charge is 0.277 e. The first-order valence-corrected chi connectivity index (χ1v) is 8.89. The molecule has 0 aromatic carbocycles. The molecular weight excluding hydrogens is 332 g/mol. The first-order valence-electron chi connectivity index (χ1n) is 8.89. The predicted molar refractivity (Wildman–Crippen MR) is 98.9 cm³/mol. The van der Waals surface area contributed by atoms with Crippen molar-refractivity contribution < 1.29 is 9.47 Å². The molecule has 0 amide bonds. The number of nitrogens with one attached hydrogen (secondary N) is 1. The van der Waals surface area contributed by atoms with Crippen LogP contribution in [0.1, 0.15) is 51.5 Å². The number of pyridine rings is 1. The molecule has 2 atom stereocenters. The largest absolute Gasteiger partial charge is 0.379 e. The topological polar surface area (TPSA) is 78.3 Å². The number of nitrogens with zero attached hydrogens (tertiary/aromatic N) is 3. The van der Waals surface area contributed by atoms with Crippen molar-refractivity contribution in [2.24, 2.45) is 0 Å². The number of ether oxygens (including phenoxy) is 2. The molecule has 1 aliphatic heterocycles. The van der Waals surface area contributed by atoms with E-state index < -0.39 is 11.8 Å². The monoisotopic (exact) mass is 358 g/mol. The van der Waals surface area contributed by atoms with Crippen LogP contribution in [0, 0.1) is 0 Å². The highest BCUT2D eigenvalue weighted by Gasteiger charge is 2.30. The molecule has 3 heterocycles. The van der Waals surface area contributed by atoms with E-state index in [4.69, 9.17) is 9.47 Å². The molecule has 0 bridgehead atoms. The lowest BCUT2D eigenvalue weighted by molar-refractivity contribution is -0.212. The van der Waals surface area contributed by atoms with Gasteiger partial charge in [0.25, 0.3) is 5.56 Å². The SMILES string of the molecule is CC1CCOC(c2c(NCc3ccncc3)cnn(C(C)(C)C)c2=O)O1. The summed E-state index contributed by atoms with van der Waals surface area (Å²) in [5, 5.41) is 7.65. The van der Waals surface area contributed by atoms with Gasteiger partial charge in [-0.05, 0) is 51.8 Å². The molecule has 0 radical (unpaired) electrons. The maximum absolute atomic E-state index is 13.1. The highest BCUT2D eigenvalue weighted by molar-refractivity contribution is 5.49. The quantitative estimate of drug-likeness (QED) is 0.905. The average Bonchev–Trinajstić information content (AvgIpc) is 2.59. The molecule has 7 heteroatoms. The van der Waals surface area contributed by atoms with Gasteiger partial charge in [0.1, 0.15) is 0 Å². The molecule has 2 aromatic rings. The van der Waals surface area contributed by atoms with Gasteiger partial charge in [-0.25, -0.2) is 4.68 Å². The van der Waals surface area contributed by atoms with E-state index in [9.17, 15) is 4.79 Å². The zero-order valence-corrected chi connectivity index (χ0v) is 15.7. The van der Waals surface area contributed by atoms with Gasteiger partial charge in [-0.15, -0.1) is 0 Å². The molecule has 140 valence electrons. The van der Waals surface area contributed by atoms with Gasteiger partial charge in [-0.1, -0.05) is 0 Å². The van der Waals surface area contributed by atoms with Crippen molar-refractivity contribution in [1.29, 1.82) is 0 Å². The lowest BCUT2D eigenvalue weighted by Gasteiger charge is -2.30. The van der Waals surface area contributed by atoms with Crippen LogP contribution < -0.4 is 10.9 Å². The van der Waals surface area contributed by atoms with Crippen molar-refractivity contribution in [2.75, 3.05) is 11.9 Å². The van der Waals surface area contributed by atoms with Gasteiger partial charge >= 0.3 is 0 Å². The van der Waals surface area contributed by atoms with Crippen LogP contribution in [0.25, 0.3) is 0 Å². The molecule has 0 spiro atoms. The van der Waals surface area contributed by atoms with Crippen LogP contribution in [-0.4, -0.2) is 27.5 Å². The number of hydrogen-bond acceptors (Lipinski definition) is 6. The minimum atomic E-state index is -0.692. The zero-order chi connectivity index (χ0) is 18.7. The maximum Gasteiger partial charge on any atom is 0.277 e. The second kappa shape index (κ2) is 7.55. The van der Waals surface area contributed by atoms with E-state index in [1.54, 1.807) is 18.6 Å². The summed E-state index contributed by atoms with van der Waals surface area (Å²) in [6.07, 6.45) is 5.32. The summed E-state index contributed by atoms with van der Waals surface area (Å²) in [5.41, 5.74) is 1.53. The van der Waals surface area contributed by atoms with Gasteiger partial charge < -0.3 is 14.8 Å². The van der Waals surface area contributed by atoms with Gasteiger partial charge in [0, 0.05) is 18.9 Å². The van der Waals surface area contributed by atoms with E-state index in [1.807, 2.05) is 39.8 Å². The molecule has 2 unspecified atom stereocenters. The summed E-state index contributed by atoms with van der Waals surface area (Å²) in [6.45, 7) is 8.94. The lowest BCUT2D eigenvalue weighted by Crippen LogP contribution is -2.40. The van der Waals surface area contributed by atoms with Crippen molar-refractivity contribution in [3.63, 3.8) is 0 Å². The van der Waals surface area contributed by atoms with Gasteiger partial charge in [0.05, 0.1) is 35.7 Å². The first-order chi connectivity index (χ1) is 12.4. The van der Waals surface area contributed by atoms with Crippen LogP contribution in [0.3, 0.4) is 0 Å². The second-order valence-corrected chi connectivity index (χ2v) is 7.51. The minimum Gasteiger partial charge on any atom is -0.379 e. The minimum absolute atomic E-state index is 0.0393. The third kappa shape index (κ3) is 4.11. The first kappa shape index (κ1) is 18.5. The zero-order valence-electron chi connectivity index (χ0n) is 15.7. The van der Waals surface area contributed by atoms with Crippen molar-refractivity contribution in [3.05, 3.63) is 52.2 Å². The Bertz CT molecular complexity index is 799. The lowest BCUT2D eigenvalue weighted by atomic mass is 10.1. The van der Waals surface area contributed by atoms with Crippen molar-refractivity contribution >= 4 is 5.69 Å². The standard InChI is InChI=1S/C19H26N4O3/c1-13-7-10-25-18(26-13)16-15(21-11-14-5-8-20-9-6-14)12-22-23(17(16)24)19(2,3)4/h5-6,8-9,12-13,18,21H,7,10-11H2,1-4H3. The highest BCUT2D eigenvalue weighted by atomic mass is 16.7. The number of aromatic nitrogens is 3. The van der Waals surface area contributed by atoms with E-state index in [2.05, 4.69) is 15.4 Å². The summed E-state index contributed by atoms with van der Waals surface area (Å²) >= 11 is 0. The average molecular weight is 358 g/mol. The summed E-state index contributed by atoms with van der Waals surface area (Å²) in [7, 11) is 0. The Morgan fingerprint density at radius 2 is 2.04 bits per heavy atom. The highest BCUT2D eigenvalue weighted by Crippen LogP contribution is 2.29. The van der Waals surface area contributed by atoms with Crippen molar-refractivity contribution in [3.8, 4) is 0 Å². The molecule has 0 aliphatic carbocycles. The van der Waals surface area contributed by atoms with Crippen molar-refractivity contribution in [2.45, 2.75) is 58.6 Å². The second-order valence-electron chi connectivity index (χ2n) is 7.51. The number of hydrogen-bond donors (Lipinski definition) is 1. The molecular formula is C19H26N4O3. The summed E-state index contributed by atoms with van der Waals surface area (Å²) in [5.74, 6) is 0. The Hall–Kier alpha value is -2.25. The summed E-state index contributed by atoms with van der Waals surface area (Å²) in [4.78, 5) is 17.2. The molecule has 1 N–H and O–H groups in total. The fourth-order valence-corrected chi connectivity index (χ4v) is 2.82. The maximum atomic E-state index is 13.1. The molecule has 1 saturated heterocycles. The van der Waals surface area contributed by atoms with Crippen LogP contribution in [0.5, 0.6) is 0 Å². The van der Waals surface area contributed by atoms with Crippen LogP contribution in [0.15, 0.2) is 35.5 Å². The van der Waals surface area contributed by atoms with Crippen molar-refractivity contribution in [1.82, 2.24) is 14.8 Å². The van der Waals surface area contributed by atoms with Crippen LogP contribution in [0.4, 0.5) is 5.69 Å². The Balaban J connectivity index is 1.97. The number of anilines is 1. The van der Waals surface area contributed by atoms with E-state index in [-0.39, 0.29) is 11.7 Å². The summed E-state index contributed by atoms with van der Waals surface area (Å²) in [6, 6.07) is 3.85. The molecule has 1 fully saturated rings. The van der Waals surface area contributed by atoms with E-state index in [1.165, 1.54) is 4.68 Å². The Kier molecular flexibility index (Phi) is 5.38. The van der Waals surface area contributed by atoms with Gasteiger partial charge in [-0.2, -0.15) is 5.10 Å². The molecule has 26 heavy (non-hydrogen) atoms.